The number of nitrogens with zero attached hydrogens (tertiary/aromatic N) is 1. The lowest BCUT2D eigenvalue weighted by atomic mass is 10.1. The molecular weight excluding hydrogens is 174 g/mol. The van der Waals surface area contributed by atoms with Crippen LogP contribution in [-0.4, -0.2) is 24.6 Å². The van der Waals surface area contributed by atoms with E-state index in [0.29, 0.717) is 0 Å². The maximum Gasteiger partial charge on any atom is 0.302 e. The second kappa shape index (κ2) is 5.89. The minimum absolute atomic E-state index is 0.103. The number of nitriles is 1. The monoisotopic (exact) mass is 182 g/mol. The summed E-state index contributed by atoms with van der Waals surface area (Å²) in [6.45, 7) is 1.10. The van der Waals surface area contributed by atoms with Gasteiger partial charge in [-0.2, -0.15) is 5.26 Å². The first-order chi connectivity index (χ1) is 6.11. The van der Waals surface area contributed by atoms with Crippen molar-refractivity contribution in [3.8, 4) is 6.07 Å². The van der Waals surface area contributed by atoms with E-state index in [1.807, 2.05) is 0 Å². The minimum Gasteiger partial charge on any atom is -0.465 e. The van der Waals surface area contributed by atoms with Gasteiger partial charge in [-0.3, -0.25) is 14.4 Å². The smallest absolute Gasteiger partial charge is 0.302 e. The molecule has 0 N–H and O–H groups in total. The first kappa shape index (κ1) is 11.3. The van der Waals surface area contributed by atoms with Crippen molar-refractivity contribution < 1.29 is 19.1 Å². The molecule has 0 aliphatic heterocycles. The second-order valence-corrected chi connectivity index (χ2v) is 2.24. The Morgan fingerprint density at radius 3 is 2.54 bits per heavy atom. The molecule has 0 aliphatic rings. The van der Waals surface area contributed by atoms with Gasteiger partial charge in [-0.15, -0.1) is 0 Å². The van der Waals surface area contributed by atoms with E-state index in [-0.39, 0.29) is 13.0 Å². The van der Waals surface area contributed by atoms with Crippen molar-refractivity contribution >= 4 is 18.0 Å². The van der Waals surface area contributed by atoms with E-state index in [2.05, 4.69) is 4.74 Å². The number of Topliss-reactive ketones (excluding diaryl/α,β-unsaturated/α-hetero) is 1. The number of carbonyl (C=O) groups excluding carboxylic acids is 3. The van der Waals surface area contributed by atoms with Gasteiger partial charge < -0.3 is 4.74 Å². The largest absolute Gasteiger partial charge is 0.465 e. The van der Waals surface area contributed by atoms with Crippen molar-refractivity contribution in [3.63, 3.8) is 0 Å². The summed E-state index contributed by atoms with van der Waals surface area (Å²) in [5, 5.41) is 8.26. The van der Waals surface area contributed by atoms with E-state index in [9.17, 15) is 14.4 Å². The van der Waals surface area contributed by atoms with Crippen molar-refractivity contribution in [2.24, 2.45) is 5.92 Å². The van der Waals surface area contributed by atoms with Crippen LogP contribution in [0.3, 0.4) is 0 Å². The van der Waals surface area contributed by atoms with Crippen LogP contribution in [0, 0.1) is 17.2 Å². The molecule has 13 heavy (non-hydrogen) atoms. The molecule has 0 spiro atoms. The highest BCUT2D eigenvalue weighted by Gasteiger charge is 2.17. The summed E-state index contributed by atoms with van der Waals surface area (Å²) in [7, 11) is 0. The Labute approximate surface area is 75.3 Å². The van der Waals surface area contributed by atoms with Crippen LogP contribution in [0.1, 0.15) is 13.3 Å². The third-order valence-corrected chi connectivity index (χ3v) is 1.22. The maximum atomic E-state index is 10.9. The number of ketones is 1. The molecule has 0 fully saturated rings. The molecule has 0 heterocycles. The van der Waals surface area contributed by atoms with Crippen molar-refractivity contribution in [2.75, 3.05) is 6.61 Å². The molecule has 5 heteroatoms. The molecular formula is C8H8NO4. The molecule has 0 rings (SSSR count). The Hall–Kier alpha value is -1.70. The highest BCUT2D eigenvalue weighted by molar-refractivity contribution is 5.96. The SMILES string of the molecule is CC(=O)OCCC(=O)C([C]=O)C#N. The van der Waals surface area contributed by atoms with Gasteiger partial charge in [-0.25, -0.2) is 0 Å². The van der Waals surface area contributed by atoms with E-state index in [0.717, 1.165) is 0 Å². The number of esters is 1. The van der Waals surface area contributed by atoms with Crippen LogP contribution in [0.25, 0.3) is 0 Å². The zero-order valence-electron chi connectivity index (χ0n) is 7.07. The fourth-order valence-electron chi connectivity index (χ4n) is 0.604. The molecule has 0 saturated carbocycles. The van der Waals surface area contributed by atoms with Crippen LogP contribution in [0.4, 0.5) is 0 Å². The van der Waals surface area contributed by atoms with Gasteiger partial charge in [0.2, 0.25) is 6.29 Å². The average molecular weight is 182 g/mol. The van der Waals surface area contributed by atoms with Gasteiger partial charge in [-0.05, 0) is 0 Å². The predicted molar refractivity (Wildman–Crippen MR) is 41.1 cm³/mol. The molecule has 1 unspecified atom stereocenters. The average Bonchev–Trinajstić information content (AvgIpc) is 2.05. The van der Waals surface area contributed by atoms with Crippen molar-refractivity contribution in [1.29, 1.82) is 5.26 Å². The molecule has 1 atom stereocenters. The highest BCUT2D eigenvalue weighted by Crippen LogP contribution is 1.97. The van der Waals surface area contributed by atoms with Gasteiger partial charge in [0.1, 0.15) is 0 Å². The molecule has 0 aromatic carbocycles. The highest BCUT2D eigenvalue weighted by atomic mass is 16.5. The van der Waals surface area contributed by atoms with Gasteiger partial charge in [0, 0.05) is 13.3 Å². The molecule has 0 bridgehead atoms. The fourth-order valence-corrected chi connectivity index (χ4v) is 0.604. The number of rotatable bonds is 5. The first-order valence-corrected chi connectivity index (χ1v) is 3.55. The van der Waals surface area contributed by atoms with Crippen LogP contribution in [-0.2, 0) is 19.1 Å². The van der Waals surface area contributed by atoms with E-state index in [1.54, 1.807) is 0 Å². The van der Waals surface area contributed by atoms with Crippen LogP contribution < -0.4 is 0 Å². The zero-order chi connectivity index (χ0) is 10.3. The summed E-state index contributed by atoms with van der Waals surface area (Å²) in [5.74, 6) is -2.45. The van der Waals surface area contributed by atoms with Gasteiger partial charge in [0.25, 0.3) is 0 Å². The Morgan fingerprint density at radius 2 is 2.15 bits per heavy atom. The summed E-state index contributed by atoms with van der Waals surface area (Å²) in [4.78, 5) is 31.2. The summed E-state index contributed by atoms with van der Waals surface area (Å²) < 4.78 is 4.45. The van der Waals surface area contributed by atoms with E-state index in [1.165, 1.54) is 19.3 Å². The molecule has 0 saturated heterocycles. The number of ether oxygens (including phenoxy) is 1. The van der Waals surface area contributed by atoms with E-state index in [4.69, 9.17) is 5.26 Å². The minimum atomic E-state index is -1.37. The Balaban J connectivity index is 3.81. The summed E-state index contributed by atoms with van der Waals surface area (Å²) in [6.07, 6.45) is 1.16. The topological polar surface area (TPSA) is 84.2 Å². The van der Waals surface area contributed by atoms with Gasteiger partial charge in [0.15, 0.2) is 11.7 Å². The van der Waals surface area contributed by atoms with Gasteiger partial charge in [-0.1, -0.05) is 0 Å². The second-order valence-electron chi connectivity index (χ2n) is 2.24. The Kier molecular flexibility index (Phi) is 5.12. The van der Waals surface area contributed by atoms with Crippen LogP contribution >= 0.6 is 0 Å². The number of carbonyl (C=O) groups is 2. The molecule has 69 valence electrons. The molecule has 0 aromatic rings. The summed E-state index contributed by atoms with van der Waals surface area (Å²) >= 11 is 0. The lowest BCUT2D eigenvalue weighted by Crippen LogP contribution is -2.16. The van der Waals surface area contributed by atoms with Crippen LogP contribution in [0.2, 0.25) is 0 Å². The van der Waals surface area contributed by atoms with E-state index >= 15 is 0 Å². The molecule has 1 radical (unpaired) electrons. The van der Waals surface area contributed by atoms with E-state index < -0.39 is 17.7 Å². The van der Waals surface area contributed by atoms with Crippen molar-refractivity contribution in [1.82, 2.24) is 0 Å². The maximum absolute atomic E-state index is 10.9. The molecule has 5 nitrogen and oxygen atoms in total. The Morgan fingerprint density at radius 1 is 1.54 bits per heavy atom. The number of hydrogen-bond acceptors (Lipinski definition) is 5. The zero-order valence-corrected chi connectivity index (χ0v) is 7.07. The third-order valence-electron chi connectivity index (χ3n) is 1.22. The van der Waals surface area contributed by atoms with Crippen molar-refractivity contribution in [3.05, 3.63) is 0 Å². The van der Waals surface area contributed by atoms with Gasteiger partial charge in [0.05, 0.1) is 12.7 Å². The van der Waals surface area contributed by atoms with Crippen molar-refractivity contribution in [2.45, 2.75) is 13.3 Å². The molecule has 0 aliphatic carbocycles. The quantitative estimate of drug-likeness (QED) is 0.432. The summed E-state index contributed by atoms with van der Waals surface area (Å²) in [5.41, 5.74) is 0. The van der Waals surface area contributed by atoms with Crippen LogP contribution in [0.5, 0.6) is 0 Å². The number of hydrogen-bond donors (Lipinski definition) is 0. The lowest BCUT2D eigenvalue weighted by molar-refractivity contribution is -0.141. The molecule has 0 aromatic heterocycles. The molecule has 0 amide bonds. The lowest BCUT2D eigenvalue weighted by Gasteiger charge is -2.00. The fraction of sp³-hybridized carbons (Fsp3) is 0.500. The van der Waals surface area contributed by atoms with Crippen LogP contribution in [0.15, 0.2) is 0 Å². The van der Waals surface area contributed by atoms with Gasteiger partial charge >= 0.3 is 5.97 Å². The summed E-state index contributed by atoms with van der Waals surface area (Å²) in [6, 6.07) is 1.48. The third kappa shape index (κ3) is 4.69. The first-order valence-electron chi connectivity index (χ1n) is 3.55. The Bertz CT molecular complexity index is 253. The standard InChI is InChI=1S/C8H8NO4/c1-6(11)13-3-2-8(12)7(4-9)5-10/h7H,2-3H2,1H3. The normalized spacial score (nSPS) is 11.1. The predicted octanol–water partition coefficient (Wildman–Crippen LogP) is -0.242.